The van der Waals surface area contributed by atoms with E-state index < -0.39 is 0 Å². The van der Waals surface area contributed by atoms with E-state index in [1.165, 1.54) is 0 Å². The van der Waals surface area contributed by atoms with Gasteiger partial charge in [-0.25, -0.2) is 0 Å². The summed E-state index contributed by atoms with van der Waals surface area (Å²) in [5, 5.41) is 5.12. The molecule has 0 saturated carbocycles. The maximum absolute atomic E-state index is 13.0. The summed E-state index contributed by atoms with van der Waals surface area (Å²) in [6.07, 6.45) is 1.63. The number of anilines is 1. The second-order valence-electron chi connectivity index (χ2n) is 7.03. The van der Waals surface area contributed by atoms with Crippen LogP contribution in [0.4, 0.5) is 5.69 Å². The van der Waals surface area contributed by atoms with E-state index in [1.807, 2.05) is 91.0 Å². The van der Waals surface area contributed by atoms with Crippen LogP contribution in [0.5, 0.6) is 11.5 Å². The second kappa shape index (κ2) is 9.18. The van der Waals surface area contributed by atoms with Crippen LogP contribution in [0.3, 0.4) is 0 Å². The molecule has 4 rings (SSSR count). The minimum atomic E-state index is -0.196. The number of hydrogen-bond acceptors (Lipinski definition) is 3. The molecular formula is C27H23NO3. The highest BCUT2D eigenvalue weighted by atomic mass is 16.5. The number of amides is 1. The van der Waals surface area contributed by atoms with E-state index in [2.05, 4.69) is 5.32 Å². The minimum Gasteiger partial charge on any atom is -0.497 e. The van der Waals surface area contributed by atoms with Crippen molar-refractivity contribution in [2.75, 3.05) is 19.5 Å². The van der Waals surface area contributed by atoms with Crippen molar-refractivity contribution in [3.8, 4) is 11.5 Å². The fraction of sp³-hybridized carbons (Fsp3) is 0.0741. The van der Waals surface area contributed by atoms with Gasteiger partial charge in [0.25, 0.3) is 0 Å². The van der Waals surface area contributed by atoms with Gasteiger partial charge in [0, 0.05) is 17.1 Å². The largest absolute Gasteiger partial charge is 0.497 e. The topological polar surface area (TPSA) is 47.6 Å². The lowest BCUT2D eigenvalue weighted by Crippen LogP contribution is -2.09. The molecule has 154 valence electrons. The molecule has 4 aromatic carbocycles. The number of ether oxygens (including phenoxy) is 2. The third-order valence-corrected chi connectivity index (χ3v) is 5.12. The van der Waals surface area contributed by atoms with Crippen LogP contribution in [0.15, 0.2) is 97.1 Å². The standard InChI is InChI=1S/C27H23NO3/c1-30-22-14-10-20(11-15-22)25(21-12-16-23(31-2)17-13-21)18-27(29)28-26-9-5-7-19-6-3-4-8-24(19)26/h3-18H,1-2H3,(H,28,29). The first-order chi connectivity index (χ1) is 15.2. The molecule has 4 heteroatoms. The van der Waals surface area contributed by atoms with Crippen LogP contribution in [0.2, 0.25) is 0 Å². The van der Waals surface area contributed by atoms with E-state index in [0.717, 1.165) is 44.7 Å². The lowest BCUT2D eigenvalue weighted by molar-refractivity contribution is -0.111. The summed E-state index contributed by atoms with van der Waals surface area (Å²) < 4.78 is 10.5. The Morgan fingerprint density at radius 3 is 1.84 bits per heavy atom. The van der Waals surface area contributed by atoms with Gasteiger partial charge < -0.3 is 14.8 Å². The maximum atomic E-state index is 13.0. The lowest BCUT2D eigenvalue weighted by Gasteiger charge is -2.12. The summed E-state index contributed by atoms with van der Waals surface area (Å²) in [5.41, 5.74) is 3.42. The van der Waals surface area contributed by atoms with Gasteiger partial charge in [-0.2, -0.15) is 0 Å². The van der Waals surface area contributed by atoms with Gasteiger partial charge in [0.2, 0.25) is 5.91 Å². The van der Waals surface area contributed by atoms with Crippen LogP contribution in [-0.4, -0.2) is 20.1 Å². The molecule has 0 aliphatic rings. The average molecular weight is 409 g/mol. The molecule has 0 bridgehead atoms. The third kappa shape index (κ3) is 4.59. The molecule has 0 aliphatic carbocycles. The van der Waals surface area contributed by atoms with Crippen molar-refractivity contribution >= 4 is 27.9 Å². The normalized spacial score (nSPS) is 10.4. The van der Waals surface area contributed by atoms with Crippen LogP contribution in [0, 0.1) is 0 Å². The Labute approximate surface area is 181 Å². The molecule has 0 radical (unpaired) electrons. The van der Waals surface area contributed by atoms with Crippen molar-refractivity contribution < 1.29 is 14.3 Å². The zero-order valence-corrected chi connectivity index (χ0v) is 17.5. The Balaban J connectivity index is 1.71. The SMILES string of the molecule is COc1ccc(C(=CC(=O)Nc2cccc3ccccc23)c2ccc(OC)cc2)cc1. The summed E-state index contributed by atoms with van der Waals surface area (Å²) in [5.74, 6) is 1.33. The van der Waals surface area contributed by atoms with E-state index in [0.29, 0.717) is 0 Å². The molecule has 0 atom stereocenters. The van der Waals surface area contributed by atoms with Gasteiger partial charge in [-0.15, -0.1) is 0 Å². The Bertz CT molecular complexity index is 1170. The first-order valence-electron chi connectivity index (χ1n) is 9.97. The Morgan fingerprint density at radius 1 is 0.710 bits per heavy atom. The molecule has 1 amide bonds. The summed E-state index contributed by atoms with van der Waals surface area (Å²) >= 11 is 0. The minimum absolute atomic E-state index is 0.196. The van der Waals surface area contributed by atoms with Gasteiger partial charge in [-0.1, -0.05) is 60.7 Å². The first kappa shape index (κ1) is 20.2. The molecule has 0 heterocycles. The number of carbonyl (C=O) groups is 1. The number of benzene rings is 4. The van der Waals surface area contributed by atoms with E-state index in [-0.39, 0.29) is 5.91 Å². The number of nitrogens with one attached hydrogen (secondary N) is 1. The molecule has 0 aromatic heterocycles. The Kier molecular flexibility index (Phi) is 5.99. The first-order valence-corrected chi connectivity index (χ1v) is 9.97. The molecule has 31 heavy (non-hydrogen) atoms. The van der Waals surface area contributed by atoms with E-state index >= 15 is 0 Å². The fourth-order valence-electron chi connectivity index (χ4n) is 3.51. The van der Waals surface area contributed by atoms with Crippen molar-refractivity contribution in [1.29, 1.82) is 0 Å². The monoisotopic (exact) mass is 409 g/mol. The summed E-state index contributed by atoms with van der Waals surface area (Å²) in [6, 6.07) is 29.2. The molecule has 1 N–H and O–H groups in total. The van der Waals surface area contributed by atoms with Crippen molar-refractivity contribution in [2.24, 2.45) is 0 Å². The highest BCUT2D eigenvalue weighted by Gasteiger charge is 2.10. The van der Waals surface area contributed by atoms with Gasteiger partial charge in [-0.05, 0) is 52.4 Å². The van der Waals surface area contributed by atoms with Crippen LogP contribution < -0.4 is 14.8 Å². The van der Waals surface area contributed by atoms with E-state index in [4.69, 9.17) is 9.47 Å². The van der Waals surface area contributed by atoms with Gasteiger partial charge in [-0.3, -0.25) is 4.79 Å². The molecule has 0 fully saturated rings. The number of fused-ring (bicyclic) bond motifs is 1. The number of rotatable bonds is 6. The van der Waals surface area contributed by atoms with E-state index in [9.17, 15) is 4.79 Å². The smallest absolute Gasteiger partial charge is 0.249 e. The average Bonchev–Trinajstić information content (AvgIpc) is 2.83. The molecule has 0 saturated heterocycles. The molecule has 0 unspecified atom stereocenters. The number of hydrogen-bond donors (Lipinski definition) is 1. The van der Waals surface area contributed by atoms with Gasteiger partial charge in [0.05, 0.1) is 14.2 Å². The number of carbonyl (C=O) groups excluding carboxylic acids is 1. The molecular weight excluding hydrogens is 386 g/mol. The van der Waals surface area contributed by atoms with Crippen LogP contribution in [0.1, 0.15) is 11.1 Å². The zero-order valence-electron chi connectivity index (χ0n) is 17.5. The van der Waals surface area contributed by atoms with Crippen molar-refractivity contribution in [3.63, 3.8) is 0 Å². The molecule has 4 aromatic rings. The summed E-state index contributed by atoms with van der Waals surface area (Å²) in [7, 11) is 3.26. The van der Waals surface area contributed by atoms with Crippen LogP contribution >= 0.6 is 0 Å². The molecule has 0 aliphatic heterocycles. The zero-order chi connectivity index (χ0) is 21.6. The Hall–Kier alpha value is -4.05. The van der Waals surface area contributed by atoms with Crippen LogP contribution in [-0.2, 0) is 4.79 Å². The highest BCUT2D eigenvalue weighted by molar-refractivity contribution is 6.10. The van der Waals surface area contributed by atoms with E-state index in [1.54, 1.807) is 20.3 Å². The van der Waals surface area contributed by atoms with Gasteiger partial charge in [0.1, 0.15) is 11.5 Å². The molecule has 4 nitrogen and oxygen atoms in total. The van der Waals surface area contributed by atoms with Crippen molar-refractivity contribution in [1.82, 2.24) is 0 Å². The third-order valence-electron chi connectivity index (χ3n) is 5.12. The van der Waals surface area contributed by atoms with Crippen molar-refractivity contribution in [2.45, 2.75) is 0 Å². The maximum Gasteiger partial charge on any atom is 0.249 e. The Morgan fingerprint density at radius 2 is 1.26 bits per heavy atom. The second-order valence-corrected chi connectivity index (χ2v) is 7.03. The lowest BCUT2D eigenvalue weighted by atomic mass is 9.97. The number of methoxy groups -OCH3 is 2. The predicted molar refractivity (Wildman–Crippen MR) is 126 cm³/mol. The summed E-state index contributed by atoms with van der Waals surface area (Å²) in [4.78, 5) is 13.0. The highest BCUT2D eigenvalue weighted by Crippen LogP contribution is 2.28. The van der Waals surface area contributed by atoms with Gasteiger partial charge in [0.15, 0.2) is 0 Å². The predicted octanol–water partition coefficient (Wildman–Crippen LogP) is 5.93. The van der Waals surface area contributed by atoms with Crippen LogP contribution in [0.25, 0.3) is 16.3 Å². The summed E-state index contributed by atoms with van der Waals surface area (Å²) in [6.45, 7) is 0. The van der Waals surface area contributed by atoms with Gasteiger partial charge >= 0.3 is 0 Å². The quantitative estimate of drug-likeness (QED) is 0.402. The van der Waals surface area contributed by atoms with Crippen molar-refractivity contribution in [3.05, 3.63) is 108 Å². The fourth-order valence-corrected chi connectivity index (χ4v) is 3.51. The molecule has 0 spiro atoms.